The van der Waals surface area contributed by atoms with Crippen LogP contribution in [0, 0.1) is 0 Å². The van der Waals surface area contributed by atoms with Crippen LogP contribution in [-0.4, -0.2) is 28.0 Å². The third-order valence-corrected chi connectivity index (χ3v) is 1.03. The van der Waals surface area contributed by atoms with Gasteiger partial charge in [-0.05, 0) is 6.04 Å². The van der Waals surface area contributed by atoms with E-state index in [1.165, 1.54) is 0 Å². The van der Waals surface area contributed by atoms with E-state index in [2.05, 4.69) is 5.32 Å². The van der Waals surface area contributed by atoms with E-state index in [1.807, 2.05) is 0 Å². The second-order valence-corrected chi connectivity index (χ2v) is 2.23. The molecule has 0 saturated heterocycles. The molecule has 0 bridgehead atoms. The monoisotopic (exact) mass is 119 g/mol. The van der Waals surface area contributed by atoms with Crippen LogP contribution in [0.5, 0.6) is 0 Å². The lowest BCUT2D eigenvalue weighted by Crippen LogP contribution is -2.21. The SMILES string of the molecule is O=C(O)NCC[SiH3]. The molecule has 0 spiro atoms. The Hall–Kier alpha value is -0.513. The fourth-order valence-corrected chi connectivity index (χ4v) is 0.482. The minimum Gasteiger partial charge on any atom is -0.465 e. The highest BCUT2D eigenvalue weighted by molar-refractivity contribution is 6.08. The molecule has 0 aromatic rings. The van der Waals surface area contributed by atoms with Gasteiger partial charge in [0, 0.05) is 16.8 Å². The van der Waals surface area contributed by atoms with Gasteiger partial charge in [0.15, 0.2) is 0 Å². The van der Waals surface area contributed by atoms with Gasteiger partial charge in [0.2, 0.25) is 0 Å². The van der Waals surface area contributed by atoms with Gasteiger partial charge in [0.1, 0.15) is 0 Å². The molecule has 1 amide bonds. The van der Waals surface area contributed by atoms with Crippen molar-refractivity contribution >= 4 is 16.3 Å². The van der Waals surface area contributed by atoms with E-state index in [0.29, 0.717) is 6.54 Å². The summed E-state index contributed by atoms with van der Waals surface area (Å²) in [6.07, 6.45) is -0.921. The topological polar surface area (TPSA) is 49.3 Å². The van der Waals surface area contributed by atoms with E-state index < -0.39 is 6.09 Å². The van der Waals surface area contributed by atoms with Crippen molar-refractivity contribution in [3.05, 3.63) is 0 Å². The van der Waals surface area contributed by atoms with Gasteiger partial charge in [-0.3, -0.25) is 0 Å². The Morgan fingerprint density at radius 3 is 2.57 bits per heavy atom. The first-order chi connectivity index (χ1) is 3.27. The quantitative estimate of drug-likeness (QED) is 0.460. The average molecular weight is 119 g/mol. The summed E-state index contributed by atoms with van der Waals surface area (Å²) in [5.74, 6) is 0. The van der Waals surface area contributed by atoms with Gasteiger partial charge >= 0.3 is 6.09 Å². The number of nitrogens with one attached hydrogen (secondary N) is 1. The van der Waals surface area contributed by atoms with Gasteiger partial charge in [-0.25, -0.2) is 4.79 Å². The van der Waals surface area contributed by atoms with Crippen LogP contribution in [0.25, 0.3) is 0 Å². The maximum Gasteiger partial charge on any atom is 0.404 e. The molecule has 0 heterocycles. The molecule has 42 valence electrons. The Labute approximate surface area is 45.1 Å². The number of hydrogen-bond donors (Lipinski definition) is 2. The molecule has 2 N–H and O–H groups in total. The normalized spacial score (nSPS) is 8.57. The second-order valence-electron chi connectivity index (χ2n) is 1.23. The fourth-order valence-electron chi connectivity index (χ4n) is 0.232. The summed E-state index contributed by atoms with van der Waals surface area (Å²) in [7, 11) is 1.07. The highest BCUT2D eigenvalue weighted by Gasteiger charge is 1.86. The predicted molar refractivity (Wildman–Crippen MR) is 30.8 cm³/mol. The zero-order valence-corrected chi connectivity index (χ0v) is 6.27. The smallest absolute Gasteiger partial charge is 0.404 e. The molecule has 0 unspecified atom stereocenters. The number of hydrogen-bond acceptors (Lipinski definition) is 1. The Bertz CT molecular complexity index is 66.0. The largest absolute Gasteiger partial charge is 0.465 e. The molecule has 0 saturated carbocycles. The van der Waals surface area contributed by atoms with Crippen LogP contribution in [-0.2, 0) is 0 Å². The summed E-state index contributed by atoms with van der Waals surface area (Å²) in [5.41, 5.74) is 0. The molecule has 0 radical (unpaired) electrons. The zero-order valence-electron chi connectivity index (χ0n) is 4.27. The summed E-state index contributed by atoms with van der Waals surface area (Å²) in [6, 6.07) is 0.992. The molecule has 0 fully saturated rings. The Balaban J connectivity index is 2.82. The third kappa shape index (κ3) is 5.49. The van der Waals surface area contributed by atoms with Gasteiger partial charge in [0.25, 0.3) is 0 Å². The van der Waals surface area contributed by atoms with Crippen LogP contribution >= 0.6 is 0 Å². The van der Waals surface area contributed by atoms with Crippen molar-refractivity contribution in [2.75, 3.05) is 6.54 Å². The van der Waals surface area contributed by atoms with Crippen LogP contribution in [0.15, 0.2) is 0 Å². The molecule has 0 aliphatic heterocycles. The summed E-state index contributed by atoms with van der Waals surface area (Å²) in [5, 5.41) is 10.2. The van der Waals surface area contributed by atoms with Crippen molar-refractivity contribution in [3.8, 4) is 0 Å². The number of rotatable bonds is 2. The maximum absolute atomic E-state index is 9.66. The fraction of sp³-hybridized carbons (Fsp3) is 0.667. The maximum atomic E-state index is 9.66. The van der Waals surface area contributed by atoms with Gasteiger partial charge in [0.05, 0.1) is 0 Å². The summed E-state index contributed by atoms with van der Waals surface area (Å²) in [4.78, 5) is 9.66. The van der Waals surface area contributed by atoms with Crippen molar-refractivity contribution in [1.29, 1.82) is 0 Å². The van der Waals surface area contributed by atoms with E-state index in [-0.39, 0.29) is 0 Å². The van der Waals surface area contributed by atoms with Crippen LogP contribution in [0.1, 0.15) is 0 Å². The third-order valence-electron chi connectivity index (χ3n) is 0.526. The van der Waals surface area contributed by atoms with Crippen LogP contribution < -0.4 is 5.32 Å². The van der Waals surface area contributed by atoms with Crippen molar-refractivity contribution in [3.63, 3.8) is 0 Å². The first-order valence-corrected chi connectivity index (χ1v) is 3.65. The van der Waals surface area contributed by atoms with Gasteiger partial charge in [-0.2, -0.15) is 0 Å². The zero-order chi connectivity index (χ0) is 5.70. The van der Waals surface area contributed by atoms with Crippen LogP contribution in [0.4, 0.5) is 4.79 Å². The van der Waals surface area contributed by atoms with Gasteiger partial charge in [-0.15, -0.1) is 0 Å². The summed E-state index contributed by atoms with van der Waals surface area (Å²) < 4.78 is 0. The van der Waals surface area contributed by atoms with Crippen molar-refractivity contribution in [1.82, 2.24) is 5.32 Å². The highest BCUT2D eigenvalue weighted by atomic mass is 28.1. The number of amides is 1. The molecule has 0 aromatic carbocycles. The van der Waals surface area contributed by atoms with Crippen molar-refractivity contribution < 1.29 is 9.90 Å². The summed E-state index contributed by atoms with van der Waals surface area (Å²) >= 11 is 0. The number of carboxylic acid groups (broad SMARTS) is 1. The predicted octanol–water partition coefficient (Wildman–Crippen LogP) is -0.962. The van der Waals surface area contributed by atoms with E-state index in [4.69, 9.17) is 5.11 Å². The molecule has 3 nitrogen and oxygen atoms in total. The van der Waals surface area contributed by atoms with Crippen LogP contribution in [0.3, 0.4) is 0 Å². The first kappa shape index (κ1) is 6.49. The Morgan fingerprint density at radius 1 is 1.86 bits per heavy atom. The molecule has 0 rings (SSSR count). The highest BCUT2D eigenvalue weighted by Crippen LogP contribution is 1.64. The van der Waals surface area contributed by atoms with E-state index in [9.17, 15) is 4.79 Å². The molecular weight excluding hydrogens is 110 g/mol. The van der Waals surface area contributed by atoms with Gasteiger partial charge in [-0.1, -0.05) is 0 Å². The molecule has 0 aliphatic rings. The van der Waals surface area contributed by atoms with E-state index in [0.717, 1.165) is 16.3 Å². The van der Waals surface area contributed by atoms with Crippen molar-refractivity contribution in [2.45, 2.75) is 6.04 Å². The minimum absolute atomic E-state index is 0.613. The lowest BCUT2D eigenvalue weighted by molar-refractivity contribution is 0.195. The summed E-state index contributed by atoms with van der Waals surface area (Å²) in [6.45, 7) is 0.613. The lowest BCUT2D eigenvalue weighted by Gasteiger charge is -1.91. The van der Waals surface area contributed by atoms with E-state index in [1.54, 1.807) is 0 Å². The first-order valence-electron chi connectivity index (χ1n) is 2.24. The average Bonchev–Trinajstić information content (AvgIpc) is 1.61. The molecule has 0 atom stereocenters. The standard InChI is InChI=1S/C3H9NO2Si/c5-3(6)4-1-2-7/h4H,1-2H2,7H3,(H,5,6). The van der Waals surface area contributed by atoms with Crippen LogP contribution in [0.2, 0.25) is 6.04 Å². The van der Waals surface area contributed by atoms with Crippen molar-refractivity contribution in [2.24, 2.45) is 0 Å². The molecule has 4 heteroatoms. The molecule has 0 aromatic heterocycles. The van der Waals surface area contributed by atoms with E-state index >= 15 is 0 Å². The second kappa shape index (κ2) is 3.67. The Morgan fingerprint density at radius 2 is 2.43 bits per heavy atom. The lowest BCUT2D eigenvalue weighted by atomic mass is 10.7. The Kier molecular flexibility index (Phi) is 3.40. The molecular formula is C3H9NO2Si. The van der Waals surface area contributed by atoms with Gasteiger partial charge < -0.3 is 10.4 Å². The molecule has 0 aliphatic carbocycles. The number of carbonyl (C=O) groups is 1. The molecule has 7 heavy (non-hydrogen) atoms. The minimum atomic E-state index is -0.921.